The van der Waals surface area contributed by atoms with Crippen LogP contribution >= 0.6 is 0 Å². The summed E-state index contributed by atoms with van der Waals surface area (Å²) in [5.41, 5.74) is 0.858. The lowest BCUT2D eigenvalue weighted by Gasteiger charge is -2.09. The van der Waals surface area contributed by atoms with Crippen molar-refractivity contribution in [1.29, 1.82) is 0 Å². The molecule has 0 aliphatic heterocycles. The van der Waals surface area contributed by atoms with Crippen molar-refractivity contribution in [2.24, 2.45) is 5.16 Å². The van der Waals surface area contributed by atoms with Gasteiger partial charge in [-0.15, -0.1) is 0 Å². The average Bonchev–Trinajstić information content (AvgIpc) is 2.56. The summed E-state index contributed by atoms with van der Waals surface area (Å²) in [6, 6.07) is 4.45. The highest BCUT2D eigenvalue weighted by atomic mass is 16.5. The zero-order valence-electron chi connectivity index (χ0n) is 14.2. The molecule has 0 aliphatic carbocycles. The van der Waals surface area contributed by atoms with E-state index in [4.69, 9.17) is 9.84 Å². The Morgan fingerprint density at radius 1 is 1.12 bits per heavy atom. The maximum Gasteiger partial charge on any atom is 0.341 e. The minimum Gasteiger partial charge on any atom is -0.507 e. The highest BCUT2D eigenvalue weighted by molar-refractivity contribution is 6.02. The van der Waals surface area contributed by atoms with Gasteiger partial charge in [-0.1, -0.05) is 50.6 Å². The average molecular weight is 337 g/mol. The van der Waals surface area contributed by atoms with Gasteiger partial charge in [0.1, 0.15) is 11.5 Å². The Bertz CT molecular complexity index is 542. The van der Waals surface area contributed by atoms with Crippen molar-refractivity contribution in [3.05, 3.63) is 23.8 Å². The van der Waals surface area contributed by atoms with E-state index in [0.29, 0.717) is 17.7 Å². The van der Waals surface area contributed by atoms with Gasteiger partial charge in [0.15, 0.2) is 6.61 Å². The molecule has 0 atom stereocenters. The predicted octanol–water partition coefficient (Wildman–Crippen LogP) is 4.17. The largest absolute Gasteiger partial charge is 0.507 e. The second kappa shape index (κ2) is 11.3. The van der Waals surface area contributed by atoms with Crippen LogP contribution < -0.4 is 4.74 Å². The number of benzene rings is 1. The summed E-state index contributed by atoms with van der Waals surface area (Å²) in [6.45, 7) is 1.71. The van der Waals surface area contributed by atoms with Crippen molar-refractivity contribution in [3.8, 4) is 11.5 Å². The Labute approximate surface area is 142 Å². The summed E-state index contributed by atoms with van der Waals surface area (Å²) in [5, 5.41) is 31.1. The van der Waals surface area contributed by atoms with Gasteiger partial charge >= 0.3 is 5.97 Å². The quantitative estimate of drug-likeness (QED) is 0.230. The zero-order chi connectivity index (χ0) is 17.8. The summed E-state index contributed by atoms with van der Waals surface area (Å²) >= 11 is 0. The SMILES string of the molecule is CCCCCCCCC/C(=N/O)c1ccc(OCC(=O)O)cc1O. The number of aliphatic carboxylic acids is 1. The topological polar surface area (TPSA) is 99.4 Å². The van der Waals surface area contributed by atoms with E-state index < -0.39 is 12.6 Å². The first-order chi connectivity index (χ1) is 11.6. The van der Waals surface area contributed by atoms with E-state index in [1.165, 1.54) is 31.7 Å². The number of phenolic OH excluding ortho intramolecular Hbond substituents is 1. The van der Waals surface area contributed by atoms with Crippen molar-refractivity contribution in [1.82, 2.24) is 0 Å². The summed E-state index contributed by atoms with van der Waals surface area (Å²) in [5.74, 6) is -0.921. The van der Waals surface area contributed by atoms with Gasteiger partial charge in [-0.05, 0) is 25.0 Å². The Balaban J connectivity index is 2.48. The molecule has 1 aromatic rings. The lowest BCUT2D eigenvalue weighted by Crippen LogP contribution is -2.09. The molecule has 6 heteroatoms. The number of ether oxygens (including phenoxy) is 1. The van der Waals surface area contributed by atoms with E-state index in [-0.39, 0.29) is 11.5 Å². The lowest BCUT2D eigenvalue weighted by molar-refractivity contribution is -0.139. The molecule has 6 nitrogen and oxygen atoms in total. The molecule has 0 saturated carbocycles. The van der Waals surface area contributed by atoms with Crippen LogP contribution in [0.1, 0.15) is 63.9 Å². The smallest absolute Gasteiger partial charge is 0.341 e. The van der Waals surface area contributed by atoms with Crippen molar-refractivity contribution in [3.63, 3.8) is 0 Å². The molecule has 0 unspecified atom stereocenters. The number of aromatic hydroxyl groups is 1. The summed E-state index contributed by atoms with van der Waals surface area (Å²) in [6.07, 6.45) is 8.67. The van der Waals surface area contributed by atoms with Gasteiger partial charge in [0.2, 0.25) is 0 Å². The molecular weight excluding hydrogens is 310 g/mol. The zero-order valence-corrected chi connectivity index (χ0v) is 14.2. The fourth-order valence-corrected chi connectivity index (χ4v) is 2.48. The maximum absolute atomic E-state index is 10.5. The van der Waals surface area contributed by atoms with E-state index in [0.717, 1.165) is 19.3 Å². The number of nitrogens with zero attached hydrogens (tertiary/aromatic N) is 1. The summed E-state index contributed by atoms with van der Waals surface area (Å²) in [4.78, 5) is 10.5. The number of oxime groups is 1. The number of unbranched alkanes of at least 4 members (excludes halogenated alkanes) is 6. The molecule has 0 fully saturated rings. The number of carboxylic acid groups (broad SMARTS) is 1. The van der Waals surface area contributed by atoms with Crippen LogP contribution in [0.4, 0.5) is 0 Å². The summed E-state index contributed by atoms with van der Waals surface area (Å²) in [7, 11) is 0. The number of carboxylic acids is 1. The molecule has 0 heterocycles. The fourth-order valence-electron chi connectivity index (χ4n) is 2.48. The van der Waals surface area contributed by atoms with Gasteiger partial charge in [-0.2, -0.15) is 0 Å². The van der Waals surface area contributed by atoms with Crippen molar-refractivity contribution in [2.75, 3.05) is 6.61 Å². The number of hydrogen-bond acceptors (Lipinski definition) is 5. The number of phenols is 1. The van der Waals surface area contributed by atoms with E-state index in [1.807, 2.05) is 0 Å². The Morgan fingerprint density at radius 2 is 1.79 bits per heavy atom. The predicted molar refractivity (Wildman–Crippen MR) is 92.2 cm³/mol. The first-order valence-electron chi connectivity index (χ1n) is 8.47. The van der Waals surface area contributed by atoms with Gasteiger partial charge in [-0.3, -0.25) is 0 Å². The second-order valence-corrected chi connectivity index (χ2v) is 5.78. The Morgan fingerprint density at radius 3 is 2.38 bits per heavy atom. The van der Waals surface area contributed by atoms with E-state index in [1.54, 1.807) is 12.1 Å². The molecule has 3 N–H and O–H groups in total. The molecule has 1 rings (SSSR count). The normalized spacial score (nSPS) is 11.5. The molecule has 0 aliphatic rings. The monoisotopic (exact) mass is 337 g/mol. The molecule has 0 saturated heterocycles. The van der Waals surface area contributed by atoms with Crippen LogP contribution in [0.15, 0.2) is 23.4 Å². The molecule has 0 amide bonds. The lowest BCUT2D eigenvalue weighted by atomic mass is 10.0. The number of rotatable bonds is 12. The van der Waals surface area contributed by atoms with Crippen LogP contribution in [-0.2, 0) is 4.79 Å². The van der Waals surface area contributed by atoms with Crippen LogP contribution in [0, 0.1) is 0 Å². The third-order valence-corrected chi connectivity index (χ3v) is 3.78. The van der Waals surface area contributed by atoms with Crippen molar-refractivity contribution >= 4 is 11.7 Å². The first-order valence-corrected chi connectivity index (χ1v) is 8.47. The highest BCUT2D eigenvalue weighted by Gasteiger charge is 2.11. The molecule has 0 bridgehead atoms. The molecule has 0 radical (unpaired) electrons. The third-order valence-electron chi connectivity index (χ3n) is 3.78. The number of carbonyl (C=O) groups is 1. The summed E-state index contributed by atoms with van der Waals surface area (Å²) < 4.78 is 5.00. The van der Waals surface area contributed by atoms with E-state index in [9.17, 15) is 15.1 Å². The van der Waals surface area contributed by atoms with Gasteiger partial charge in [0.05, 0.1) is 5.71 Å². The fraction of sp³-hybridized carbons (Fsp3) is 0.556. The van der Waals surface area contributed by atoms with Gasteiger partial charge in [-0.25, -0.2) is 4.79 Å². The van der Waals surface area contributed by atoms with Crippen LogP contribution in [0.2, 0.25) is 0 Å². The number of hydrogen-bond donors (Lipinski definition) is 3. The van der Waals surface area contributed by atoms with Crippen LogP contribution in [0.5, 0.6) is 11.5 Å². The Hall–Kier alpha value is -2.24. The van der Waals surface area contributed by atoms with E-state index in [2.05, 4.69) is 12.1 Å². The molecule has 24 heavy (non-hydrogen) atoms. The molecular formula is C18H27NO5. The van der Waals surface area contributed by atoms with Crippen LogP contribution in [0.25, 0.3) is 0 Å². The van der Waals surface area contributed by atoms with Gasteiger partial charge < -0.3 is 20.2 Å². The van der Waals surface area contributed by atoms with Crippen LogP contribution in [-0.4, -0.2) is 33.7 Å². The third kappa shape index (κ3) is 7.35. The molecule has 134 valence electrons. The Kier molecular flexibility index (Phi) is 9.34. The standard InChI is InChI=1S/C18H27NO5/c1-2-3-4-5-6-7-8-9-16(19-23)15-11-10-14(12-17(15)20)24-13-18(21)22/h10-12,20,23H,2-9,13H2,1H3,(H,21,22)/b19-16-. The minimum absolute atomic E-state index is 0.0892. The van der Waals surface area contributed by atoms with Gasteiger partial charge in [0.25, 0.3) is 0 Å². The molecule has 0 aromatic heterocycles. The molecule has 0 spiro atoms. The first kappa shape index (κ1) is 19.8. The minimum atomic E-state index is -1.09. The molecule has 1 aromatic carbocycles. The highest BCUT2D eigenvalue weighted by Crippen LogP contribution is 2.26. The van der Waals surface area contributed by atoms with Crippen molar-refractivity contribution < 1.29 is 25.0 Å². The van der Waals surface area contributed by atoms with Crippen LogP contribution in [0.3, 0.4) is 0 Å². The van der Waals surface area contributed by atoms with E-state index >= 15 is 0 Å². The second-order valence-electron chi connectivity index (χ2n) is 5.78. The van der Waals surface area contributed by atoms with Gasteiger partial charge in [0, 0.05) is 11.6 Å². The van der Waals surface area contributed by atoms with Crippen molar-refractivity contribution in [2.45, 2.75) is 58.3 Å². The maximum atomic E-state index is 10.5.